The van der Waals surface area contributed by atoms with Crippen molar-refractivity contribution in [2.45, 2.75) is 32.2 Å². The summed E-state index contributed by atoms with van der Waals surface area (Å²) < 4.78 is 5.89. The van der Waals surface area contributed by atoms with Crippen molar-refractivity contribution >= 4 is 11.8 Å². The van der Waals surface area contributed by atoms with Crippen LogP contribution in [0.4, 0.5) is 0 Å². The van der Waals surface area contributed by atoms with Gasteiger partial charge in [-0.2, -0.15) is 11.8 Å². The molecule has 0 aromatic heterocycles. The molecule has 1 aliphatic heterocycles. The first-order valence-corrected chi connectivity index (χ1v) is 8.02. The standard InChI is InChI=1S/C15H23NOS/c1-3-10-18-11-14(16-2)13-8-4-6-12-7-5-9-17-15(12)13/h4,6,8,14,16H,3,5,7,9-11H2,1-2H3. The van der Waals surface area contributed by atoms with Crippen molar-refractivity contribution in [3.05, 3.63) is 29.3 Å². The summed E-state index contributed by atoms with van der Waals surface area (Å²) in [6.07, 6.45) is 3.54. The summed E-state index contributed by atoms with van der Waals surface area (Å²) in [4.78, 5) is 0. The van der Waals surface area contributed by atoms with Crippen LogP contribution in [0.1, 0.15) is 36.9 Å². The number of thioether (sulfide) groups is 1. The van der Waals surface area contributed by atoms with Crippen molar-refractivity contribution in [2.75, 3.05) is 25.2 Å². The van der Waals surface area contributed by atoms with Gasteiger partial charge < -0.3 is 10.1 Å². The van der Waals surface area contributed by atoms with Crippen LogP contribution >= 0.6 is 11.8 Å². The van der Waals surface area contributed by atoms with E-state index in [-0.39, 0.29) is 0 Å². The fraction of sp³-hybridized carbons (Fsp3) is 0.600. The second kappa shape index (κ2) is 7.05. The van der Waals surface area contributed by atoms with E-state index in [2.05, 4.69) is 30.4 Å². The lowest BCUT2D eigenvalue weighted by Crippen LogP contribution is -2.21. The van der Waals surface area contributed by atoms with Crippen molar-refractivity contribution in [2.24, 2.45) is 0 Å². The molecule has 1 N–H and O–H groups in total. The summed E-state index contributed by atoms with van der Waals surface area (Å²) in [6, 6.07) is 6.97. The lowest BCUT2D eigenvalue weighted by atomic mass is 9.99. The van der Waals surface area contributed by atoms with Gasteiger partial charge in [0.1, 0.15) is 5.75 Å². The van der Waals surface area contributed by atoms with E-state index in [4.69, 9.17) is 4.74 Å². The van der Waals surface area contributed by atoms with Crippen LogP contribution in [0.15, 0.2) is 18.2 Å². The van der Waals surface area contributed by atoms with Crippen LogP contribution in [0.2, 0.25) is 0 Å². The van der Waals surface area contributed by atoms with Crippen LogP contribution in [0.25, 0.3) is 0 Å². The molecule has 1 aromatic carbocycles. The first-order chi connectivity index (χ1) is 8.86. The number of nitrogens with one attached hydrogen (secondary N) is 1. The number of fused-ring (bicyclic) bond motifs is 1. The van der Waals surface area contributed by atoms with E-state index >= 15 is 0 Å². The number of benzene rings is 1. The Bertz CT molecular complexity index is 381. The molecule has 1 heterocycles. The lowest BCUT2D eigenvalue weighted by molar-refractivity contribution is 0.283. The Morgan fingerprint density at radius 1 is 1.44 bits per heavy atom. The molecular weight excluding hydrogens is 242 g/mol. The monoisotopic (exact) mass is 265 g/mol. The van der Waals surface area contributed by atoms with Gasteiger partial charge in [-0.1, -0.05) is 25.1 Å². The Hall–Kier alpha value is -0.670. The van der Waals surface area contributed by atoms with Crippen molar-refractivity contribution in [3.63, 3.8) is 0 Å². The van der Waals surface area contributed by atoms with E-state index in [9.17, 15) is 0 Å². The van der Waals surface area contributed by atoms with Crippen molar-refractivity contribution in [1.82, 2.24) is 5.32 Å². The lowest BCUT2D eigenvalue weighted by Gasteiger charge is -2.25. The molecule has 0 bridgehead atoms. The van der Waals surface area contributed by atoms with Crippen LogP contribution in [-0.4, -0.2) is 25.2 Å². The molecule has 0 spiro atoms. The summed E-state index contributed by atoms with van der Waals surface area (Å²) >= 11 is 2.01. The fourth-order valence-electron chi connectivity index (χ4n) is 2.36. The Labute approximate surface area is 114 Å². The first-order valence-electron chi connectivity index (χ1n) is 6.86. The maximum atomic E-state index is 5.89. The van der Waals surface area contributed by atoms with Gasteiger partial charge in [-0.15, -0.1) is 0 Å². The number of ether oxygens (including phenoxy) is 1. The molecule has 100 valence electrons. The Kier molecular flexibility index (Phi) is 5.39. The van der Waals surface area contributed by atoms with Crippen LogP contribution < -0.4 is 10.1 Å². The highest BCUT2D eigenvalue weighted by Crippen LogP contribution is 2.34. The van der Waals surface area contributed by atoms with Gasteiger partial charge in [-0.3, -0.25) is 0 Å². The summed E-state index contributed by atoms with van der Waals surface area (Å²) in [6.45, 7) is 3.09. The number of hydrogen-bond acceptors (Lipinski definition) is 3. The molecule has 1 unspecified atom stereocenters. The molecule has 0 saturated heterocycles. The summed E-state index contributed by atoms with van der Waals surface area (Å²) in [5, 5.41) is 3.43. The Morgan fingerprint density at radius 2 is 2.33 bits per heavy atom. The molecule has 18 heavy (non-hydrogen) atoms. The highest BCUT2D eigenvalue weighted by molar-refractivity contribution is 7.99. The first kappa shape index (κ1) is 13.8. The van der Waals surface area contributed by atoms with Crippen LogP contribution in [0, 0.1) is 0 Å². The van der Waals surface area contributed by atoms with Gasteiger partial charge in [-0.05, 0) is 37.6 Å². The van der Waals surface area contributed by atoms with E-state index in [0.29, 0.717) is 6.04 Å². The topological polar surface area (TPSA) is 21.3 Å². The van der Waals surface area contributed by atoms with Gasteiger partial charge in [-0.25, -0.2) is 0 Å². The maximum Gasteiger partial charge on any atom is 0.127 e. The second-order valence-corrected chi connectivity index (χ2v) is 5.85. The van der Waals surface area contributed by atoms with Crippen molar-refractivity contribution in [3.8, 4) is 5.75 Å². The minimum Gasteiger partial charge on any atom is -0.493 e. The largest absolute Gasteiger partial charge is 0.493 e. The maximum absolute atomic E-state index is 5.89. The molecule has 3 heteroatoms. The third kappa shape index (κ3) is 3.21. The quantitative estimate of drug-likeness (QED) is 0.796. The van der Waals surface area contributed by atoms with Crippen LogP contribution in [-0.2, 0) is 6.42 Å². The molecule has 0 amide bonds. The third-order valence-corrected chi connectivity index (χ3v) is 4.59. The van der Waals surface area contributed by atoms with E-state index in [1.165, 1.54) is 23.3 Å². The van der Waals surface area contributed by atoms with Gasteiger partial charge in [0.25, 0.3) is 0 Å². The van der Waals surface area contributed by atoms with Crippen molar-refractivity contribution in [1.29, 1.82) is 0 Å². The zero-order chi connectivity index (χ0) is 12.8. The van der Waals surface area contributed by atoms with E-state index in [1.807, 2.05) is 18.8 Å². The van der Waals surface area contributed by atoms with Crippen LogP contribution in [0.3, 0.4) is 0 Å². The molecule has 1 aliphatic rings. The normalized spacial score (nSPS) is 15.9. The number of para-hydroxylation sites is 1. The molecule has 0 aliphatic carbocycles. The average Bonchev–Trinajstić information content (AvgIpc) is 2.43. The smallest absolute Gasteiger partial charge is 0.127 e. The van der Waals surface area contributed by atoms with Crippen molar-refractivity contribution < 1.29 is 4.74 Å². The average molecular weight is 265 g/mol. The zero-order valence-corrected chi connectivity index (χ0v) is 12.2. The SMILES string of the molecule is CCCSCC(NC)c1cccc2c1OCCC2. The minimum absolute atomic E-state index is 0.398. The van der Waals surface area contributed by atoms with Gasteiger partial charge in [0.2, 0.25) is 0 Å². The van der Waals surface area contributed by atoms with Gasteiger partial charge >= 0.3 is 0 Å². The van der Waals surface area contributed by atoms with E-state index in [1.54, 1.807) is 0 Å². The predicted octanol–water partition coefficient (Wildman–Crippen LogP) is 3.42. The molecule has 1 atom stereocenters. The summed E-state index contributed by atoms with van der Waals surface area (Å²) in [5.74, 6) is 3.48. The molecule has 2 rings (SSSR count). The van der Waals surface area contributed by atoms with Crippen LogP contribution in [0.5, 0.6) is 5.75 Å². The zero-order valence-electron chi connectivity index (χ0n) is 11.4. The van der Waals surface area contributed by atoms with Gasteiger partial charge in [0, 0.05) is 17.4 Å². The number of aryl methyl sites for hydroxylation is 1. The fourth-order valence-corrected chi connectivity index (χ4v) is 3.40. The Balaban J connectivity index is 2.14. The second-order valence-electron chi connectivity index (χ2n) is 4.70. The van der Waals surface area contributed by atoms with E-state index < -0.39 is 0 Å². The predicted molar refractivity (Wildman–Crippen MR) is 79.7 cm³/mol. The van der Waals surface area contributed by atoms with Gasteiger partial charge in [0.15, 0.2) is 0 Å². The number of rotatable bonds is 6. The third-order valence-electron chi connectivity index (χ3n) is 3.32. The molecular formula is C15H23NOS. The highest BCUT2D eigenvalue weighted by Gasteiger charge is 2.19. The minimum atomic E-state index is 0.398. The molecule has 1 aromatic rings. The number of hydrogen-bond donors (Lipinski definition) is 1. The highest BCUT2D eigenvalue weighted by atomic mass is 32.2. The van der Waals surface area contributed by atoms with Gasteiger partial charge in [0.05, 0.1) is 6.61 Å². The molecule has 0 radical (unpaired) electrons. The molecule has 2 nitrogen and oxygen atoms in total. The molecule has 0 fully saturated rings. The Morgan fingerprint density at radius 3 is 3.11 bits per heavy atom. The molecule has 0 saturated carbocycles. The van der Waals surface area contributed by atoms with E-state index in [0.717, 1.165) is 31.0 Å². The summed E-state index contributed by atoms with van der Waals surface area (Å²) in [7, 11) is 2.04. The summed E-state index contributed by atoms with van der Waals surface area (Å²) in [5.41, 5.74) is 2.71.